The van der Waals surface area contributed by atoms with Crippen LogP contribution in [0.15, 0.2) is 35.1 Å². The number of carbonyl (C=O) groups is 2. The molecule has 0 unspecified atom stereocenters. The van der Waals surface area contributed by atoms with Gasteiger partial charge in [0.15, 0.2) is 5.78 Å². The predicted molar refractivity (Wildman–Crippen MR) is 114 cm³/mol. The molecule has 0 spiro atoms. The Morgan fingerprint density at radius 1 is 1.17 bits per heavy atom. The number of fused-ring (bicyclic) bond motifs is 1. The van der Waals surface area contributed by atoms with Gasteiger partial charge in [-0.15, -0.1) is 0 Å². The van der Waals surface area contributed by atoms with Crippen LogP contribution < -0.4 is 5.56 Å². The zero-order valence-corrected chi connectivity index (χ0v) is 17.7. The molecule has 1 aromatic heterocycles. The largest absolute Gasteiger partial charge is 0.444 e. The number of benzene rings is 1. The highest BCUT2D eigenvalue weighted by molar-refractivity contribution is 6.00. The molecule has 0 aliphatic carbocycles. The maximum Gasteiger partial charge on any atom is 0.410 e. The van der Waals surface area contributed by atoms with Gasteiger partial charge in [-0.3, -0.25) is 9.59 Å². The van der Waals surface area contributed by atoms with Crippen LogP contribution in [0.4, 0.5) is 4.79 Å². The topological polar surface area (TPSA) is 68.6 Å². The summed E-state index contributed by atoms with van der Waals surface area (Å²) in [5.74, 6) is -0.0131. The lowest BCUT2D eigenvalue weighted by Gasteiger charge is -2.30. The van der Waals surface area contributed by atoms with Crippen LogP contribution in [0.5, 0.6) is 0 Å². The summed E-state index contributed by atoms with van der Waals surface area (Å²) in [7, 11) is 0. The first-order valence-electron chi connectivity index (χ1n) is 9.96. The Hall–Kier alpha value is -2.89. The van der Waals surface area contributed by atoms with Crippen molar-refractivity contribution in [2.24, 2.45) is 0 Å². The molecule has 0 bridgehead atoms. The lowest BCUT2D eigenvalue weighted by molar-refractivity contribution is 0.0270. The van der Waals surface area contributed by atoms with Crippen molar-refractivity contribution in [3.05, 3.63) is 51.8 Å². The number of aryl methyl sites for hydroxylation is 1. The molecule has 1 aromatic carbocycles. The first-order chi connectivity index (χ1) is 13.6. The lowest BCUT2D eigenvalue weighted by Crippen LogP contribution is -2.39. The molecule has 0 atom stereocenters. The summed E-state index contributed by atoms with van der Waals surface area (Å²) in [5, 5.41) is 0.885. The van der Waals surface area contributed by atoms with Crippen LogP contribution in [0, 0.1) is 0 Å². The van der Waals surface area contributed by atoms with Gasteiger partial charge in [-0.05, 0) is 70.4 Å². The summed E-state index contributed by atoms with van der Waals surface area (Å²) in [4.78, 5) is 38.5. The van der Waals surface area contributed by atoms with Crippen LogP contribution in [-0.2, 0) is 11.3 Å². The van der Waals surface area contributed by atoms with Gasteiger partial charge in [0.2, 0.25) is 0 Å². The van der Waals surface area contributed by atoms with Gasteiger partial charge in [0.05, 0.1) is 5.52 Å². The van der Waals surface area contributed by atoms with E-state index in [-0.39, 0.29) is 17.4 Å². The van der Waals surface area contributed by atoms with Gasteiger partial charge in [-0.2, -0.15) is 0 Å². The maximum absolute atomic E-state index is 12.7. The zero-order chi connectivity index (χ0) is 21.3. The molecule has 6 nitrogen and oxygen atoms in total. The van der Waals surface area contributed by atoms with Crippen molar-refractivity contribution in [3.8, 4) is 0 Å². The second-order valence-electron chi connectivity index (χ2n) is 8.33. The van der Waals surface area contributed by atoms with Crippen molar-refractivity contribution in [2.45, 2.75) is 53.2 Å². The third-order valence-corrected chi connectivity index (χ3v) is 5.04. The van der Waals surface area contributed by atoms with Crippen LogP contribution in [0.25, 0.3) is 16.5 Å². The standard InChI is InChI=1S/C23H28N2O4/c1-6-25-20-8-7-17(15(2)26)13-19(20)18(14-21(25)27)16-9-11-24(12-10-16)22(28)29-23(3,4)5/h7-9,13-14H,6,10-12H2,1-5H3. The third-order valence-electron chi connectivity index (χ3n) is 5.04. The molecule has 6 heteroatoms. The number of Topliss-reactive ketones (excluding diaryl/α,β-unsaturated/α-hetero) is 1. The van der Waals surface area contributed by atoms with Crippen LogP contribution in [0.3, 0.4) is 0 Å². The minimum atomic E-state index is -0.537. The van der Waals surface area contributed by atoms with Gasteiger partial charge in [0, 0.05) is 36.7 Å². The molecule has 0 fully saturated rings. The molecule has 1 amide bonds. The van der Waals surface area contributed by atoms with Crippen LogP contribution in [0.2, 0.25) is 0 Å². The normalized spacial score (nSPS) is 14.7. The molecule has 2 aromatic rings. The molecule has 0 saturated heterocycles. The second-order valence-corrected chi connectivity index (χ2v) is 8.33. The molecular formula is C23H28N2O4. The molecule has 1 aliphatic heterocycles. The predicted octanol–water partition coefficient (Wildman–Crippen LogP) is 4.25. The highest BCUT2D eigenvalue weighted by Crippen LogP contribution is 2.29. The monoisotopic (exact) mass is 396 g/mol. The number of nitrogens with zero attached hydrogens (tertiary/aromatic N) is 2. The van der Waals surface area contributed by atoms with Crippen LogP contribution in [0.1, 0.15) is 57.0 Å². The van der Waals surface area contributed by atoms with E-state index in [1.165, 1.54) is 6.92 Å². The molecule has 2 heterocycles. The van der Waals surface area contributed by atoms with Gasteiger partial charge in [-0.1, -0.05) is 6.08 Å². The molecule has 1 aliphatic rings. The average Bonchev–Trinajstić information content (AvgIpc) is 2.65. The average molecular weight is 396 g/mol. The van der Waals surface area contributed by atoms with Gasteiger partial charge in [0.1, 0.15) is 5.60 Å². The van der Waals surface area contributed by atoms with E-state index in [9.17, 15) is 14.4 Å². The zero-order valence-electron chi connectivity index (χ0n) is 17.7. The maximum atomic E-state index is 12.7. The van der Waals surface area contributed by atoms with Crippen molar-refractivity contribution >= 4 is 28.4 Å². The molecule has 0 N–H and O–H groups in total. The Bertz CT molecular complexity index is 1060. The summed E-state index contributed by atoms with van der Waals surface area (Å²) in [5.41, 5.74) is 2.67. The lowest BCUT2D eigenvalue weighted by atomic mass is 9.94. The first-order valence-corrected chi connectivity index (χ1v) is 9.96. The van der Waals surface area contributed by atoms with E-state index in [0.717, 1.165) is 22.0 Å². The number of hydrogen-bond acceptors (Lipinski definition) is 4. The summed E-state index contributed by atoms with van der Waals surface area (Å²) in [6.07, 6.45) is 2.25. The Kier molecular flexibility index (Phi) is 5.64. The van der Waals surface area contributed by atoms with Crippen LogP contribution in [-0.4, -0.2) is 40.0 Å². The summed E-state index contributed by atoms with van der Waals surface area (Å²) in [6.45, 7) is 10.5. The van der Waals surface area contributed by atoms with Crippen molar-refractivity contribution in [3.63, 3.8) is 0 Å². The fourth-order valence-corrected chi connectivity index (χ4v) is 3.60. The highest BCUT2D eigenvalue weighted by atomic mass is 16.6. The summed E-state index contributed by atoms with van der Waals surface area (Å²) >= 11 is 0. The van der Waals surface area contributed by atoms with Gasteiger partial charge < -0.3 is 14.2 Å². The molecular weight excluding hydrogens is 368 g/mol. The van der Waals surface area contributed by atoms with Gasteiger partial charge in [0.25, 0.3) is 5.56 Å². The summed E-state index contributed by atoms with van der Waals surface area (Å²) < 4.78 is 7.15. The number of hydrogen-bond donors (Lipinski definition) is 0. The van der Waals surface area contributed by atoms with Crippen molar-refractivity contribution in [1.29, 1.82) is 0 Å². The quantitative estimate of drug-likeness (QED) is 0.728. The van der Waals surface area contributed by atoms with E-state index >= 15 is 0 Å². The smallest absolute Gasteiger partial charge is 0.410 e. The third kappa shape index (κ3) is 4.42. The Balaban J connectivity index is 2.02. The molecule has 0 saturated carbocycles. The van der Waals surface area contributed by atoms with E-state index in [0.29, 0.717) is 31.6 Å². The first kappa shape index (κ1) is 20.8. The van der Waals surface area contributed by atoms with Gasteiger partial charge in [-0.25, -0.2) is 4.79 Å². The fraction of sp³-hybridized carbons (Fsp3) is 0.435. The van der Waals surface area contributed by atoms with Crippen LogP contribution >= 0.6 is 0 Å². The number of rotatable bonds is 3. The number of amides is 1. The number of pyridine rings is 1. The number of ketones is 1. The SMILES string of the molecule is CCn1c(=O)cc(C2=CCN(C(=O)OC(C)(C)C)CC2)c2cc(C(C)=O)ccc21. The van der Waals surface area contributed by atoms with E-state index in [1.54, 1.807) is 21.6 Å². The minimum absolute atomic E-state index is 0.0131. The van der Waals surface area contributed by atoms with Crippen molar-refractivity contribution in [2.75, 3.05) is 13.1 Å². The Labute approximate surface area is 170 Å². The van der Waals surface area contributed by atoms with E-state index in [4.69, 9.17) is 4.74 Å². The molecule has 3 rings (SSSR count). The van der Waals surface area contributed by atoms with Crippen molar-refractivity contribution in [1.82, 2.24) is 9.47 Å². The second kappa shape index (κ2) is 7.85. The Morgan fingerprint density at radius 2 is 1.90 bits per heavy atom. The van der Waals surface area contributed by atoms with E-state index in [2.05, 4.69) is 0 Å². The number of aromatic nitrogens is 1. The number of carbonyl (C=O) groups excluding carboxylic acids is 2. The summed E-state index contributed by atoms with van der Waals surface area (Å²) in [6, 6.07) is 7.11. The van der Waals surface area contributed by atoms with E-state index < -0.39 is 5.60 Å². The molecule has 154 valence electrons. The molecule has 29 heavy (non-hydrogen) atoms. The molecule has 0 radical (unpaired) electrons. The van der Waals surface area contributed by atoms with Crippen molar-refractivity contribution < 1.29 is 14.3 Å². The van der Waals surface area contributed by atoms with E-state index in [1.807, 2.05) is 45.9 Å². The fourth-order valence-electron chi connectivity index (χ4n) is 3.60. The minimum Gasteiger partial charge on any atom is -0.444 e. The highest BCUT2D eigenvalue weighted by Gasteiger charge is 2.24. The number of ether oxygens (including phenoxy) is 1. The Morgan fingerprint density at radius 3 is 2.45 bits per heavy atom. The van der Waals surface area contributed by atoms with Gasteiger partial charge >= 0.3 is 6.09 Å².